The highest BCUT2D eigenvalue weighted by Gasteiger charge is 2.27. The standard InChI is InChI=1S/C28H41N3O5S/c1-7-36-26-15-9-8-14-25(26)31(37(6,34)35)17-11-16-27(32)30(20-24-13-10-12-22(4)18-24)23(5)28(33)29-19-21(2)3/h8-10,12-15,18,21,23H,7,11,16-17,19-20H2,1-6H3,(H,29,33)/t23-/m1/s1. The van der Waals surface area contributed by atoms with Crippen molar-refractivity contribution in [2.75, 3.05) is 30.3 Å². The van der Waals surface area contributed by atoms with Gasteiger partial charge < -0.3 is 15.0 Å². The minimum absolute atomic E-state index is 0.0937. The topological polar surface area (TPSA) is 96.0 Å². The molecule has 1 N–H and O–H groups in total. The van der Waals surface area contributed by atoms with E-state index in [4.69, 9.17) is 4.74 Å². The van der Waals surface area contributed by atoms with E-state index >= 15 is 0 Å². The van der Waals surface area contributed by atoms with Crippen LogP contribution in [0.4, 0.5) is 5.69 Å². The van der Waals surface area contributed by atoms with Crippen molar-refractivity contribution in [3.05, 3.63) is 59.7 Å². The number of nitrogens with one attached hydrogen (secondary N) is 1. The quantitative estimate of drug-likeness (QED) is 0.396. The zero-order chi connectivity index (χ0) is 27.6. The van der Waals surface area contributed by atoms with Gasteiger partial charge in [0.1, 0.15) is 11.8 Å². The van der Waals surface area contributed by atoms with Crippen LogP contribution in [0.3, 0.4) is 0 Å². The van der Waals surface area contributed by atoms with E-state index in [0.717, 1.165) is 17.4 Å². The third kappa shape index (κ3) is 9.39. The second-order valence-corrected chi connectivity index (χ2v) is 11.6. The Hall–Kier alpha value is -3.07. The lowest BCUT2D eigenvalue weighted by Crippen LogP contribution is -2.48. The highest BCUT2D eigenvalue weighted by molar-refractivity contribution is 7.92. The molecule has 0 aromatic heterocycles. The molecule has 0 aliphatic rings. The van der Waals surface area contributed by atoms with E-state index in [1.54, 1.807) is 36.1 Å². The molecule has 0 spiro atoms. The number of aryl methyl sites for hydroxylation is 1. The summed E-state index contributed by atoms with van der Waals surface area (Å²) in [5, 5.41) is 2.91. The number of hydrogen-bond acceptors (Lipinski definition) is 5. The van der Waals surface area contributed by atoms with Crippen LogP contribution in [0, 0.1) is 12.8 Å². The monoisotopic (exact) mass is 531 g/mol. The van der Waals surface area contributed by atoms with Crippen molar-refractivity contribution >= 4 is 27.5 Å². The molecule has 0 radical (unpaired) electrons. The van der Waals surface area contributed by atoms with Gasteiger partial charge in [-0.1, -0.05) is 55.8 Å². The van der Waals surface area contributed by atoms with Crippen molar-refractivity contribution in [2.24, 2.45) is 5.92 Å². The number of sulfonamides is 1. The van der Waals surface area contributed by atoms with Gasteiger partial charge in [-0.15, -0.1) is 0 Å². The lowest BCUT2D eigenvalue weighted by molar-refractivity contribution is -0.140. The molecule has 2 rings (SSSR count). The average molecular weight is 532 g/mol. The van der Waals surface area contributed by atoms with E-state index in [-0.39, 0.29) is 31.2 Å². The summed E-state index contributed by atoms with van der Waals surface area (Å²) in [6.07, 6.45) is 1.52. The summed E-state index contributed by atoms with van der Waals surface area (Å²) in [5.74, 6) is 0.343. The summed E-state index contributed by atoms with van der Waals surface area (Å²) >= 11 is 0. The Morgan fingerprint density at radius 3 is 2.38 bits per heavy atom. The van der Waals surface area contributed by atoms with Crippen LogP contribution in [0.25, 0.3) is 0 Å². The fraction of sp³-hybridized carbons (Fsp3) is 0.500. The predicted molar refractivity (Wildman–Crippen MR) is 148 cm³/mol. The molecule has 2 aromatic carbocycles. The normalized spacial score (nSPS) is 12.2. The molecule has 0 aliphatic carbocycles. The molecule has 9 heteroatoms. The van der Waals surface area contributed by atoms with Crippen LogP contribution in [0.5, 0.6) is 5.75 Å². The number of amides is 2. The predicted octanol–water partition coefficient (Wildman–Crippen LogP) is 4.13. The highest BCUT2D eigenvalue weighted by Crippen LogP contribution is 2.30. The summed E-state index contributed by atoms with van der Waals surface area (Å²) < 4.78 is 32.1. The van der Waals surface area contributed by atoms with Gasteiger partial charge in [0.2, 0.25) is 21.8 Å². The molecule has 2 aromatic rings. The van der Waals surface area contributed by atoms with Crippen molar-refractivity contribution in [1.82, 2.24) is 10.2 Å². The van der Waals surface area contributed by atoms with E-state index in [1.165, 1.54) is 4.31 Å². The van der Waals surface area contributed by atoms with E-state index in [9.17, 15) is 18.0 Å². The molecule has 1 atom stereocenters. The summed E-state index contributed by atoms with van der Waals surface area (Å²) in [6, 6.07) is 14.1. The summed E-state index contributed by atoms with van der Waals surface area (Å²) in [5.41, 5.74) is 2.44. The van der Waals surface area contributed by atoms with Gasteiger partial charge >= 0.3 is 0 Å². The Kier molecular flexibility index (Phi) is 11.4. The van der Waals surface area contributed by atoms with Crippen LogP contribution in [0.2, 0.25) is 0 Å². The number of para-hydroxylation sites is 2. The zero-order valence-electron chi connectivity index (χ0n) is 22.9. The fourth-order valence-corrected chi connectivity index (χ4v) is 4.93. The minimum Gasteiger partial charge on any atom is -0.492 e. The first-order valence-corrected chi connectivity index (χ1v) is 14.6. The van der Waals surface area contributed by atoms with Crippen molar-refractivity contribution in [2.45, 2.75) is 60.0 Å². The number of benzene rings is 2. The van der Waals surface area contributed by atoms with Crippen LogP contribution in [-0.4, -0.2) is 57.1 Å². The van der Waals surface area contributed by atoms with Gasteiger partial charge in [-0.2, -0.15) is 0 Å². The Labute approximate surface area is 222 Å². The molecule has 0 heterocycles. The minimum atomic E-state index is -3.61. The lowest BCUT2D eigenvalue weighted by Gasteiger charge is -2.30. The summed E-state index contributed by atoms with van der Waals surface area (Å²) in [4.78, 5) is 27.8. The van der Waals surface area contributed by atoms with Gasteiger partial charge in [-0.05, 0) is 50.8 Å². The van der Waals surface area contributed by atoms with Crippen LogP contribution in [-0.2, 0) is 26.2 Å². The van der Waals surface area contributed by atoms with Crippen molar-refractivity contribution in [3.8, 4) is 5.75 Å². The molecule has 0 aliphatic heterocycles. The number of carbonyl (C=O) groups is 2. The maximum Gasteiger partial charge on any atom is 0.242 e. The molecule has 8 nitrogen and oxygen atoms in total. The Balaban J connectivity index is 2.20. The molecule has 2 amide bonds. The van der Waals surface area contributed by atoms with Crippen LogP contribution in [0.15, 0.2) is 48.5 Å². The second kappa shape index (κ2) is 14.0. The molecule has 0 unspecified atom stereocenters. The molecule has 0 bridgehead atoms. The molecular formula is C28H41N3O5S. The lowest BCUT2D eigenvalue weighted by atomic mass is 10.1. The van der Waals surface area contributed by atoms with E-state index in [0.29, 0.717) is 37.1 Å². The van der Waals surface area contributed by atoms with Gasteiger partial charge in [-0.3, -0.25) is 13.9 Å². The van der Waals surface area contributed by atoms with Gasteiger partial charge in [0.15, 0.2) is 0 Å². The van der Waals surface area contributed by atoms with Gasteiger partial charge in [-0.25, -0.2) is 8.42 Å². The fourth-order valence-electron chi connectivity index (χ4n) is 3.97. The summed E-state index contributed by atoms with van der Waals surface area (Å²) in [7, 11) is -3.61. The molecule has 0 fully saturated rings. The van der Waals surface area contributed by atoms with Crippen LogP contribution < -0.4 is 14.4 Å². The Bertz CT molecular complexity index is 1150. The van der Waals surface area contributed by atoms with E-state index in [2.05, 4.69) is 5.32 Å². The first kappa shape index (κ1) is 30.2. The molecule has 37 heavy (non-hydrogen) atoms. The number of rotatable bonds is 14. The van der Waals surface area contributed by atoms with Crippen molar-refractivity contribution in [1.29, 1.82) is 0 Å². The highest BCUT2D eigenvalue weighted by atomic mass is 32.2. The molecular weight excluding hydrogens is 490 g/mol. The molecule has 204 valence electrons. The largest absolute Gasteiger partial charge is 0.492 e. The maximum atomic E-state index is 13.4. The first-order chi connectivity index (χ1) is 17.4. The average Bonchev–Trinajstić information content (AvgIpc) is 2.83. The van der Waals surface area contributed by atoms with E-state index in [1.807, 2.05) is 52.0 Å². The summed E-state index contributed by atoms with van der Waals surface area (Å²) in [6.45, 7) is 10.9. The third-order valence-electron chi connectivity index (χ3n) is 5.87. The van der Waals surface area contributed by atoms with Gasteiger partial charge in [0.05, 0.1) is 18.6 Å². The van der Waals surface area contributed by atoms with Crippen LogP contribution >= 0.6 is 0 Å². The molecule has 0 saturated heterocycles. The number of ether oxygens (including phenoxy) is 1. The zero-order valence-corrected chi connectivity index (χ0v) is 23.7. The number of hydrogen-bond donors (Lipinski definition) is 1. The van der Waals surface area contributed by atoms with Crippen LogP contribution in [0.1, 0.15) is 51.7 Å². The SMILES string of the molecule is CCOc1ccccc1N(CCCC(=O)N(Cc1cccc(C)c1)[C@H](C)C(=O)NCC(C)C)S(C)(=O)=O. The van der Waals surface area contributed by atoms with E-state index < -0.39 is 16.1 Å². The number of anilines is 1. The van der Waals surface area contributed by atoms with Crippen molar-refractivity contribution < 1.29 is 22.7 Å². The van der Waals surface area contributed by atoms with Gasteiger partial charge in [0, 0.05) is 26.1 Å². The Morgan fingerprint density at radius 1 is 1.05 bits per heavy atom. The first-order valence-electron chi connectivity index (χ1n) is 12.8. The number of nitrogens with zero attached hydrogens (tertiary/aromatic N) is 2. The smallest absolute Gasteiger partial charge is 0.242 e. The number of carbonyl (C=O) groups excluding carboxylic acids is 2. The Morgan fingerprint density at radius 2 is 1.76 bits per heavy atom. The van der Waals surface area contributed by atoms with Gasteiger partial charge in [0.25, 0.3) is 0 Å². The second-order valence-electron chi connectivity index (χ2n) is 9.67. The van der Waals surface area contributed by atoms with Crippen molar-refractivity contribution in [3.63, 3.8) is 0 Å². The maximum absolute atomic E-state index is 13.4. The molecule has 0 saturated carbocycles. The third-order valence-corrected chi connectivity index (χ3v) is 7.05.